The lowest BCUT2D eigenvalue weighted by Crippen LogP contribution is -2.23. The number of thiophene rings is 1. The Bertz CT molecular complexity index is 495. The molecule has 2 rings (SSSR count). The summed E-state index contributed by atoms with van der Waals surface area (Å²) in [6, 6.07) is 0. The van der Waals surface area contributed by atoms with E-state index >= 15 is 0 Å². The van der Waals surface area contributed by atoms with Gasteiger partial charge in [0.05, 0.1) is 13.7 Å². The molecule has 0 radical (unpaired) electrons. The average molecular weight is 312 g/mol. The fraction of sp³-hybridized carbons (Fsp3) is 0.667. The first kappa shape index (κ1) is 15.9. The molecule has 6 heteroatoms. The van der Waals surface area contributed by atoms with Crippen LogP contribution in [0.15, 0.2) is 0 Å². The van der Waals surface area contributed by atoms with E-state index < -0.39 is 0 Å². The third-order valence-corrected chi connectivity index (χ3v) is 5.18. The maximum Gasteiger partial charge on any atom is 0.350 e. The summed E-state index contributed by atoms with van der Waals surface area (Å²) in [7, 11) is 3.61. The molecule has 2 N–H and O–H groups in total. The summed E-state index contributed by atoms with van der Waals surface area (Å²) in [5.74, 6) is 0.927. The van der Waals surface area contributed by atoms with Crippen molar-refractivity contribution in [3.63, 3.8) is 0 Å². The summed E-state index contributed by atoms with van der Waals surface area (Å²) in [6.07, 6.45) is 5.18. The molecular weight excluding hydrogens is 288 g/mol. The first-order valence-electron chi connectivity index (χ1n) is 7.43. The first-order valence-corrected chi connectivity index (χ1v) is 8.24. The Morgan fingerprint density at radius 2 is 2.10 bits per heavy atom. The van der Waals surface area contributed by atoms with Crippen molar-refractivity contribution in [1.82, 2.24) is 0 Å². The van der Waals surface area contributed by atoms with Crippen LogP contribution in [-0.4, -0.2) is 33.3 Å². The molecule has 0 atom stereocenters. The molecule has 118 valence electrons. The van der Waals surface area contributed by atoms with Crippen LogP contribution in [0, 0.1) is 5.92 Å². The SMILES string of the molecule is CCOC(=O)c1sc(N(C)CC2CCCC2)c(OC)c1N. The number of hydrogen-bond acceptors (Lipinski definition) is 6. The summed E-state index contributed by atoms with van der Waals surface area (Å²) in [4.78, 5) is 14.5. The number of anilines is 2. The van der Waals surface area contributed by atoms with Crippen LogP contribution in [0.5, 0.6) is 5.75 Å². The van der Waals surface area contributed by atoms with Crippen LogP contribution >= 0.6 is 11.3 Å². The van der Waals surface area contributed by atoms with E-state index in [1.54, 1.807) is 14.0 Å². The van der Waals surface area contributed by atoms with Gasteiger partial charge in [-0.3, -0.25) is 0 Å². The minimum absolute atomic E-state index is 0.339. The molecule has 0 aliphatic heterocycles. The van der Waals surface area contributed by atoms with E-state index in [0.29, 0.717) is 28.8 Å². The Labute approximate surface area is 130 Å². The van der Waals surface area contributed by atoms with E-state index in [9.17, 15) is 4.79 Å². The molecule has 0 bridgehead atoms. The number of rotatable bonds is 6. The Balaban J connectivity index is 2.21. The summed E-state index contributed by atoms with van der Waals surface area (Å²) >= 11 is 1.35. The number of carbonyl (C=O) groups is 1. The van der Waals surface area contributed by atoms with Crippen LogP contribution in [0.2, 0.25) is 0 Å². The lowest BCUT2D eigenvalue weighted by molar-refractivity contribution is 0.0533. The second-order valence-electron chi connectivity index (χ2n) is 5.43. The van der Waals surface area contributed by atoms with Gasteiger partial charge in [-0.15, -0.1) is 11.3 Å². The van der Waals surface area contributed by atoms with Crippen molar-refractivity contribution < 1.29 is 14.3 Å². The zero-order valence-corrected chi connectivity index (χ0v) is 13.8. The summed E-state index contributed by atoms with van der Waals surface area (Å²) in [6.45, 7) is 3.09. The minimum Gasteiger partial charge on any atom is -0.492 e. The van der Waals surface area contributed by atoms with Crippen molar-refractivity contribution in [2.24, 2.45) is 5.92 Å². The second kappa shape index (κ2) is 7.02. The summed E-state index contributed by atoms with van der Waals surface area (Å²) in [5.41, 5.74) is 6.43. The van der Waals surface area contributed by atoms with E-state index in [-0.39, 0.29) is 5.97 Å². The molecule has 5 nitrogen and oxygen atoms in total. The molecule has 21 heavy (non-hydrogen) atoms. The lowest BCUT2D eigenvalue weighted by Gasteiger charge is -2.22. The van der Waals surface area contributed by atoms with Crippen LogP contribution < -0.4 is 15.4 Å². The fourth-order valence-corrected chi connectivity index (χ4v) is 3.93. The highest BCUT2D eigenvalue weighted by atomic mass is 32.1. The topological polar surface area (TPSA) is 64.8 Å². The van der Waals surface area contributed by atoms with Gasteiger partial charge < -0.3 is 20.1 Å². The monoisotopic (exact) mass is 312 g/mol. The van der Waals surface area contributed by atoms with Crippen LogP contribution in [0.4, 0.5) is 10.7 Å². The molecule has 1 saturated carbocycles. The number of hydrogen-bond donors (Lipinski definition) is 1. The maximum absolute atomic E-state index is 11.9. The van der Waals surface area contributed by atoms with E-state index in [4.69, 9.17) is 15.2 Å². The van der Waals surface area contributed by atoms with Gasteiger partial charge in [-0.2, -0.15) is 0 Å². The van der Waals surface area contributed by atoms with Gasteiger partial charge in [0.1, 0.15) is 15.6 Å². The van der Waals surface area contributed by atoms with Crippen LogP contribution in [0.25, 0.3) is 0 Å². The summed E-state index contributed by atoms with van der Waals surface area (Å²) in [5, 5.41) is 0.907. The highest BCUT2D eigenvalue weighted by Crippen LogP contribution is 2.45. The lowest BCUT2D eigenvalue weighted by atomic mass is 10.1. The number of methoxy groups -OCH3 is 1. The molecular formula is C15H24N2O3S. The quantitative estimate of drug-likeness (QED) is 0.818. The molecule has 1 aliphatic rings. The van der Waals surface area contributed by atoms with Crippen LogP contribution in [-0.2, 0) is 4.74 Å². The zero-order chi connectivity index (χ0) is 15.4. The van der Waals surface area contributed by atoms with E-state index in [1.165, 1.54) is 37.0 Å². The van der Waals surface area contributed by atoms with E-state index in [0.717, 1.165) is 11.5 Å². The van der Waals surface area contributed by atoms with Gasteiger partial charge in [0, 0.05) is 13.6 Å². The van der Waals surface area contributed by atoms with E-state index in [1.807, 2.05) is 7.05 Å². The molecule has 0 unspecified atom stereocenters. The number of nitrogens with two attached hydrogens (primary N) is 1. The highest BCUT2D eigenvalue weighted by Gasteiger charge is 2.26. The van der Waals surface area contributed by atoms with Gasteiger partial charge in [-0.25, -0.2) is 4.79 Å². The molecule has 1 aromatic rings. The Morgan fingerprint density at radius 1 is 1.43 bits per heavy atom. The van der Waals surface area contributed by atoms with Crippen molar-refractivity contribution in [1.29, 1.82) is 0 Å². The minimum atomic E-state index is -0.376. The molecule has 1 heterocycles. The van der Waals surface area contributed by atoms with E-state index in [2.05, 4.69) is 4.90 Å². The van der Waals surface area contributed by atoms with Crippen LogP contribution in [0.1, 0.15) is 42.3 Å². The first-order chi connectivity index (χ1) is 10.1. The number of nitrogen functional groups attached to an aromatic ring is 1. The standard InChI is InChI=1S/C15H24N2O3S/c1-4-20-15(18)13-11(16)12(19-3)14(21-13)17(2)9-10-7-5-6-8-10/h10H,4-9,16H2,1-3H3. The predicted octanol–water partition coefficient (Wildman–Crippen LogP) is 3.14. The van der Waals surface area contributed by atoms with Crippen molar-refractivity contribution in [3.05, 3.63) is 4.88 Å². The van der Waals surface area contributed by atoms with Gasteiger partial charge >= 0.3 is 5.97 Å². The van der Waals surface area contributed by atoms with Gasteiger partial charge in [0.25, 0.3) is 0 Å². The van der Waals surface area contributed by atoms with Gasteiger partial charge in [-0.1, -0.05) is 12.8 Å². The predicted molar refractivity (Wildman–Crippen MR) is 86.5 cm³/mol. The van der Waals surface area contributed by atoms with Gasteiger partial charge in [-0.05, 0) is 25.7 Å². The summed E-state index contributed by atoms with van der Waals surface area (Å²) < 4.78 is 10.5. The molecule has 0 amide bonds. The van der Waals surface area contributed by atoms with Crippen molar-refractivity contribution in [2.45, 2.75) is 32.6 Å². The van der Waals surface area contributed by atoms with Crippen molar-refractivity contribution in [3.8, 4) is 5.75 Å². The highest BCUT2D eigenvalue weighted by molar-refractivity contribution is 7.19. The molecule has 0 spiro atoms. The molecule has 1 aromatic heterocycles. The van der Waals surface area contributed by atoms with Crippen molar-refractivity contribution >= 4 is 28.0 Å². The third-order valence-electron chi connectivity index (χ3n) is 3.90. The van der Waals surface area contributed by atoms with Crippen LogP contribution in [0.3, 0.4) is 0 Å². The number of carbonyl (C=O) groups excluding carboxylic acids is 1. The smallest absolute Gasteiger partial charge is 0.350 e. The number of nitrogens with zero attached hydrogens (tertiary/aromatic N) is 1. The molecule has 0 aromatic carbocycles. The Hall–Kier alpha value is -1.43. The van der Waals surface area contributed by atoms with Crippen molar-refractivity contribution in [2.75, 3.05) is 37.9 Å². The third kappa shape index (κ3) is 3.43. The largest absolute Gasteiger partial charge is 0.492 e. The maximum atomic E-state index is 11.9. The second-order valence-corrected chi connectivity index (χ2v) is 6.43. The number of esters is 1. The number of ether oxygens (including phenoxy) is 2. The molecule has 1 aliphatic carbocycles. The zero-order valence-electron chi connectivity index (χ0n) is 13.0. The normalized spacial score (nSPS) is 15.2. The van der Waals surface area contributed by atoms with Gasteiger partial charge in [0.15, 0.2) is 5.75 Å². The van der Waals surface area contributed by atoms with Gasteiger partial charge in [0.2, 0.25) is 0 Å². The Kier molecular flexibility index (Phi) is 5.33. The fourth-order valence-electron chi connectivity index (χ4n) is 2.88. The molecule has 0 saturated heterocycles. The molecule has 1 fully saturated rings. The Morgan fingerprint density at radius 3 is 2.67 bits per heavy atom. The average Bonchev–Trinajstić information content (AvgIpc) is 3.06.